The smallest absolute Gasteiger partial charge is 0.231 e. The molecule has 3 nitrogen and oxygen atoms in total. The second-order valence-corrected chi connectivity index (χ2v) is 5.98. The van der Waals surface area contributed by atoms with Crippen molar-refractivity contribution < 1.29 is 9.47 Å². The van der Waals surface area contributed by atoms with Gasteiger partial charge in [0.05, 0.1) is 0 Å². The Morgan fingerprint density at radius 3 is 2.90 bits per heavy atom. The van der Waals surface area contributed by atoms with Crippen LogP contribution in [0.15, 0.2) is 29.6 Å². The number of ether oxygens (including phenoxy) is 2. The van der Waals surface area contributed by atoms with E-state index in [2.05, 4.69) is 35.0 Å². The van der Waals surface area contributed by atoms with Gasteiger partial charge in [0, 0.05) is 17.3 Å². The highest BCUT2D eigenvalue weighted by Gasteiger charge is 2.25. The first-order valence-electron chi connectivity index (χ1n) is 6.58. The largest absolute Gasteiger partial charge is 0.454 e. The number of hydrogen-bond donors (Lipinski definition) is 1. The average Bonchev–Trinajstić information content (AvgIpc) is 3.07. The van der Waals surface area contributed by atoms with Crippen LogP contribution >= 0.6 is 23.7 Å². The first-order chi connectivity index (χ1) is 9.40. The molecule has 1 unspecified atom stereocenters. The lowest BCUT2D eigenvalue weighted by Crippen LogP contribution is -2.31. The van der Waals surface area contributed by atoms with E-state index in [4.69, 9.17) is 9.47 Å². The van der Waals surface area contributed by atoms with Gasteiger partial charge in [-0.3, -0.25) is 0 Å². The van der Waals surface area contributed by atoms with Crippen LogP contribution in [0.2, 0.25) is 0 Å². The van der Waals surface area contributed by atoms with Gasteiger partial charge in [-0.15, -0.1) is 23.7 Å². The molecule has 1 aromatic heterocycles. The van der Waals surface area contributed by atoms with Gasteiger partial charge in [-0.1, -0.05) is 6.07 Å². The first kappa shape index (κ1) is 13.7. The van der Waals surface area contributed by atoms with E-state index in [0.717, 1.165) is 30.9 Å². The van der Waals surface area contributed by atoms with Gasteiger partial charge in [0.15, 0.2) is 11.5 Å². The van der Waals surface area contributed by atoms with Crippen LogP contribution in [0, 0.1) is 0 Å². The molecule has 20 heavy (non-hydrogen) atoms. The van der Waals surface area contributed by atoms with Gasteiger partial charge in [0.25, 0.3) is 0 Å². The van der Waals surface area contributed by atoms with Crippen molar-refractivity contribution in [2.75, 3.05) is 13.3 Å². The molecule has 2 aromatic rings. The third-order valence-corrected chi connectivity index (χ3v) is 4.68. The molecule has 0 amide bonds. The van der Waals surface area contributed by atoms with E-state index in [1.165, 1.54) is 16.0 Å². The molecule has 1 atom stereocenters. The summed E-state index contributed by atoms with van der Waals surface area (Å²) in [6, 6.07) is 9.01. The number of nitrogens with one attached hydrogen (secondary N) is 1. The standard InChI is InChI=1S/C15H15NO2S.ClH/c1-2-11(19-5-1)7-13-12-8-15-14(17-9-18-15)6-10(12)3-4-16-13;/h1-2,5-6,8,13,16H,3-4,7,9H2;1H. The molecule has 0 spiro atoms. The Balaban J connectivity index is 0.00000121. The molecule has 0 saturated heterocycles. The molecule has 4 rings (SSSR count). The Kier molecular flexibility index (Phi) is 3.87. The lowest BCUT2D eigenvalue weighted by atomic mass is 9.91. The Morgan fingerprint density at radius 2 is 2.10 bits per heavy atom. The SMILES string of the molecule is Cl.c1csc(CC2NCCc3cc4c(cc32)OCO4)c1. The summed E-state index contributed by atoms with van der Waals surface area (Å²) in [5.41, 5.74) is 2.76. The van der Waals surface area contributed by atoms with Gasteiger partial charge in [0.1, 0.15) is 0 Å². The van der Waals surface area contributed by atoms with Crippen LogP contribution in [0.25, 0.3) is 0 Å². The lowest BCUT2D eigenvalue weighted by molar-refractivity contribution is 0.174. The van der Waals surface area contributed by atoms with Crippen molar-refractivity contribution >= 4 is 23.7 Å². The molecular weight excluding hydrogens is 294 g/mol. The predicted octanol–water partition coefficient (Wildman–Crippen LogP) is 3.33. The Bertz CT molecular complexity index is 600. The number of fused-ring (bicyclic) bond motifs is 2. The van der Waals surface area contributed by atoms with Crippen molar-refractivity contribution in [3.63, 3.8) is 0 Å². The summed E-state index contributed by atoms with van der Waals surface area (Å²) in [6.07, 6.45) is 2.11. The molecule has 2 aliphatic heterocycles. The summed E-state index contributed by atoms with van der Waals surface area (Å²) >= 11 is 1.82. The number of thiophene rings is 1. The van der Waals surface area contributed by atoms with Crippen molar-refractivity contribution in [3.8, 4) is 11.5 Å². The fraction of sp³-hybridized carbons (Fsp3) is 0.333. The predicted molar refractivity (Wildman–Crippen MR) is 82.3 cm³/mol. The summed E-state index contributed by atoms with van der Waals surface area (Å²) in [7, 11) is 0. The third-order valence-electron chi connectivity index (χ3n) is 3.78. The van der Waals surface area contributed by atoms with E-state index in [1.807, 2.05) is 11.3 Å². The third kappa shape index (κ3) is 2.39. The average molecular weight is 310 g/mol. The van der Waals surface area contributed by atoms with Crippen LogP contribution in [0.3, 0.4) is 0 Å². The van der Waals surface area contributed by atoms with Crippen molar-refractivity contribution in [1.82, 2.24) is 5.32 Å². The Hall–Kier alpha value is -1.23. The minimum atomic E-state index is 0. The van der Waals surface area contributed by atoms with Crippen LogP contribution in [0.5, 0.6) is 11.5 Å². The fourth-order valence-corrected chi connectivity index (χ4v) is 3.60. The minimum Gasteiger partial charge on any atom is -0.454 e. The molecule has 0 radical (unpaired) electrons. The molecule has 0 saturated carbocycles. The maximum atomic E-state index is 5.50. The van der Waals surface area contributed by atoms with Crippen LogP contribution in [-0.4, -0.2) is 13.3 Å². The Morgan fingerprint density at radius 1 is 1.25 bits per heavy atom. The fourth-order valence-electron chi connectivity index (χ4n) is 2.84. The molecule has 3 heterocycles. The van der Waals surface area contributed by atoms with E-state index in [1.54, 1.807) is 0 Å². The van der Waals surface area contributed by atoms with Crippen LogP contribution in [0.4, 0.5) is 0 Å². The van der Waals surface area contributed by atoms with Gasteiger partial charge in [-0.2, -0.15) is 0 Å². The molecule has 1 N–H and O–H groups in total. The van der Waals surface area contributed by atoms with E-state index in [-0.39, 0.29) is 12.4 Å². The second kappa shape index (κ2) is 5.64. The van der Waals surface area contributed by atoms with Crippen LogP contribution in [0.1, 0.15) is 22.0 Å². The van der Waals surface area contributed by atoms with E-state index >= 15 is 0 Å². The van der Waals surface area contributed by atoms with Crippen LogP contribution in [-0.2, 0) is 12.8 Å². The summed E-state index contributed by atoms with van der Waals surface area (Å²) in [5, 5.41) is 5.75. The van der Waals surface area contributed by atoms with Gasteiger partial charge in [-0.25, -0.2) is 0 Å². The van der Waals surface area contributed by atoms with E-state index in [0.29, 0.717) is 12.8 Å². The van der Waals surface area contributed by atoms with Gasteiger partial charge >= 0.3 is 0 Å². The highest BCUT2D eigenvalue weighted by Crippen LogP contribution is 2.39. The molecule has 1 aromatic carbocycles. The number of hydrogen-bond acceptors (Lipinski definition) is 4. The molecular formula is C15H16ClNO2S. The molecule has 106 valence electrons. The number of rotatable bonds is 2. The van der Waals surface area contributed by atoms with E-state index in [9.17, 15) is 0 Å². The van der Waals surface area contributed by atoms with Gasteiger partial charge < -0.3 is 14.8 Å². The van der Waals surface area contributed by atoms with Crippen LogP contribution < -0.4 is 14.8 Å². The highest BCUT2D eigenvalue weighted by molar-refractivity contribution is 7.09. The normalized spacial score (nSPS) is 19.3. The maximum Gasteiger partial charge on any atom is 0.231 e. The highest BCUT2D eigenvalue weighted by atomic mass is 35.5. The number of halogens is 1. The topological polar surface area (TPSA) is 30.5 Å². The molecule has 0 fully saturated rings. The molecule has 5 heteroatoms. The lowest BCUT2D eigenvalue weighted by Gasteiger charge is -2.27. The van der Waals surface area contributed by atoms with Crippen molar-refractivity contribution in [2.24, 2.45) is 0 Å². The molecule has 0 bridgehead atoms. The zero-order valence-corrected chi connectivity index (χ0v) is 12.6. The zero-order valence-electron chi connectivity index (χ0n) is 10.9. The van der Waals surface area contributed by atoms with Gasteiger partial charge in [0.2, 0.25) is 6.79 Å². The summed E-state index contributed by atoms with van der Waals surface area (Å²) < 4.78 is 11.0. The quantitative estimate of drug-likeness (QED) is 0.923. The second-order valence-electron chi connectivity index (χ2n) is 4.94. The Labute approximate surface area is 128 Å². The van der Waals surface area contributed by atoms with Crippen molar-refractivity contribution in [3.05, 3.63) is 45.6 Å². The monoisotopic (exact) mass is 309 g/mol. The molecule has 0 aliphatic carbocycles. The van der Waals surface area contributed by atoms with Crippen molar-refractivity contribution in [2.45, 2.75) is 18.9 Å². The van der Waals surface area contributed by atoms with Gasteiger partial charge in [-0.05, 0) is 47.7 Å². The summed E-state index contributed by atoms with van der Waals surface area (Å²) in [6.45, 7) is 1.38. The maximum absolute atomic E-state index is 5.50. The molecule has 2 aliphatic rings. The van der Waals surface area contributed by atoms with Crippen molar-refractivity contribution in [1.29, 1.82) is 0 Å². The summed E-state index contributed by atoms with van der Waals surface area (Å²) in [4.78, 5) is 1.42. The number of benzene rings is 1. The summed E-state index contributed by atoms with van der Waals surface area (Å²) in [5.74, 6) is 1.79. The minimum absolute atomic E-state index is 0. The van der Waals surface area contributed by atoms with E-state index < -0.39 is 0 Å². The zero-order chi connectivity index (χ0) is 12.7. The first-order valence-corrected chi connectivity index (χ1v) is 7.46.